The molecule has 0 spiro atoms. The third kappa shape index (κ3) is 5.87. The van der Waals surface area contributed by atoms with Gasteiger partial charge in [0.1, 0.15) is 9.84 Å². The largest absolute Gasteiger partial charge is 0.311 e. The lowest BCUT2D eigenvalue weighted by Crippen LogP contribution is -2.60. The van der Waals surface area contributed by atoms with Gasteiger partial charge in [0.2, 0.25) is 0 Å². The van der Waals surface area contributed by atoms with Crippen molar-refractivity contribution in [3.05, 3.63) is 0 Å². The Morgan fingerprint density at radius 2 is 1.90 bits per heavy atom. The van der Waals surface area contributed by atoms with Crippen LogP contribution in [0.25, 0.3) is 0 Å². The molecule has 1 saturated heterocycles. The van der Waals surface area contributed by atoms with Crippen LogP contribution in [-0.4, -0.2) is 56.5 Å². The van der Waals surface area contributed by atoms with Crippen molar-refractivity contribution in [2.75, 3.05) is 31.1 Å². The Hall–Kier alpha value is -0.130. The van der Waals surface area contributed by atoms with Crippen LogP contribution in [0.1, 0.15) is 47.5 Å². The van der Waals surface area contributed by atoms with E-state index in [-0.39, 0.29) is 5.75 Å². The zero-order valence-corrected chi connectivity index (χ0v) is 15.2. The second-order valence-electron chi connectivity index (χ2n) is 6.80. The standard InChI is InChI=1S/C16H34N2O2S/c1-6-14(5)16-11-17-15(13(3)4)12-18(16)9-8-10-21(19,20)7-2/h13-17H,6-12H2,1-5H3. The van der Waals surface area contributed by atoms with E-state index in [2.05, 4.69) is 37.9 Å². The third-order valence-electron chi connectivity index (χ3n) is 4.94. The van der Waals surface area contributed by atoms with Crippen LogP contribution in [0.5, 0.6) is 0 Å². The van der Waals surface area contributed by atoms with Gasteiger partial charge < -0.3 is 5.32 Å². The lowest BCUT2D eigenvalue weighted by molar-refractivity contribution is 0.0793. The summed E-state index contributed by atoms with van der Waals surface area (Å²) in [6, 6.07) is 1.06. The van der Waals surface area contributed by atoms with Crippen molar-refractivity contribution >= 4 is 9.84 Å². The molecule has 5 heteroatoms. The molecule has 1 N–H and O–H groups in total. The minimum Gasteiger partial charge on any atom is -0.311 e. The van der Waals surface area contributed by atoms with Crippen molar-refractivity contribution in [3.8, 4) is 0 Å². The summed E-state index contributed by atoms with van der Waals surface area (Å²) in [5.74, 6) is 1.85. The van der Waals surface area contributed by atoms with Gasteiger partial charge in [-0.25, -0.2) is 8.42 Å². The van der Waals surface area contributed by atoms with Crippen LogP contribution < -0.4 is 5.32 Å². The molecular formula is C16H34N2O2S. The first-order valence-corrected chi connectivity index (χ1v) is 10.3. The maximum atomic E-state index is 11.7. The van der Waals surface area contributed by atoms with Gasteiger partial charge in [-0.2, -0.15) is 0 Å². The summed E-state index contributed by atoms with van der Waals surface area (Å²) in [5.41, 5.74) is 0. The summed E-state index contributed by atoms with van der Waals surface area (Å²) in [5, 5.41) is 3.67. The van der Waals surface area contributed by atoms with E-state index in [1.54, 1.807) is 6.92 Å². The molecule has 126 valence electrons. The van der Waals surface area contributed by atoms with E-state index in [0.29, 0.717) is 29.7 Å². The molecule has 0 radical (unpaired) electrons. The van der Waals surface area contributed by atoms with E-state index in [1.807, 2.05) is 0 Å². The summed E-state index contributed by atoms with van der Waals surface area (Å²) >= 11 is 0. The minimum absolute atomic E-state index is 0.262. The molecule has 4 nitrogen and oxygen atoms in total. The summed E-state index contributed by atoms with van der Waals surface area (Å²) in [7, 11) is -2.84. The number of nitrogens with one attached hydrogen (secondary N) is 1. The fourth-order valence-electron chi connectivity index (χ4n) is 3.02. The SMILES string of the molecule is CCC(C)C1CNC(C(C)C)CN1CCCS(=O)(=O)CC. The Balaban J connectivity index is 2.61. The number of piperazine rings is 1. The average Bonchev–Trinajstić information content (AvgIpc) is 2.46. The van der Waals surface area contributed by atoms with Gasteiger partial charge in [0.05, 0.1) is 5.75 Å². The lowest BCUT2D eigenvalue weighted by atomic mass is 9.91. The van der Waals surface area contributed by atoms with Gasteiger partial charge in [-0.3, -0.25) is 4.90 Å². The second kappa shape index (κ2) is 8.49. The molecule has 1 fully saturated rings. The van der Waals surface area contributed by atoms with Crippen LogP contribution in [-0.2, 0) is 9.84 Å². The molecule has 0 aromatic rings. The van der Waals surface area contributed by atoms with Crippen molar-refractivity contribution in [2.24, 2.45) is 11.8 Å². The quantitative estimate of drug-likeness (QED) is 0.745. The van der Waals surface area contributed by atoms with Gasteiger partial charge in [-0.05, 0) is 24.8 Å². The molecule has 0 bridgehead atoms. The molecule has 0 saturated carbocycles. The highest BCUT2D eigenvalue weighted by Crippen LogP contribution is 2.20. The van der Waals surface area contributed by atoms with Crippen molar-refractivity contribution in [2.45, 2.75) is 59.5 Å². The predicted octanol–water partition coefficient (Wildman–Crippen LogP) is 2.16. The van der Waals surface area contributed by atoms with Crippen LogP contribution in [0.4, 0.5) is 0 Å². The summed E-state index contributed by atoms with van der Waals surface area (Å²) in [4.78, 5) is 2.53. The van der Waals surface area contributed by atoms with Gasteiger partial charge in [0.15, 0.2) is 0 Å². The summed E-state index contributed by atoms with van der Waals surface area (Å²) in [6.07, 6.45) is 1.93. The zero-order chi connectivity index (χ0) is 16.0. The summed E-state index contributed by atoms with van der Waals surface area (Å²) < 4.78 is 23.3. The van der Waals surface area contributed by atoms with E-state index < -0.39 is 9.84 Å². The normalized spacial score (nSPS) is 26.2. The number of hydrogen-bond acceptors (Lipinski definition) is 4. The molecule has 0 aromatic carbocycles. The molecule has 0 amide bonds. The van der Waals surface area contributed by atoms with Crippen molar-refractivity contribution in [3.63, 3.8) is 0 Å². The van der Waals surface area contributed by atoms with Gasteiger partial charge in [0.25, 0.3) is 0 Å². The van der Waals surface area contributed by atoms with Crippen molar-refractivity contribution in [1.29, 1.82) is 0 Å². The Kier molecular flexibility index (Phi) is 7.65. The average molecular weight is 319 g/mol. The van der Waals surface area contributed by atoms with Gasteiger partial charge in [-0.1, -0.05) is 41.0 Å². The Morgan fingerprint density at radius 1 is 1.24 bits per heavy atom. The molecule has 3 unspecified atom stereocenters. The van der Waals surface area contributed by atoms with Crippen LogP contribution in [0.3, 0.4) is 0 Å². The van der Waals surface area contributed by atoms with E-state index in [4.69, 9.17) is 0 Å². The van der Waals surface area contributed by atoms with Crippen LogP contribution >= 0.6 is 0 Å². The van der Waals surface area contributed by atoms with Gasteiger partial charge >= 0.3 is 0 Å². The Labute approximate surface area is 131 Å². The highest BCUT2D eigenvalue weighted by atomic mass is 32.2. The number of nitrogens with zero attached hydrogens (tertiary/aromatic N) is 1. The van der Waals surface area contributed by atoms with Crippen LogP contribution in [0.2, 0.25) is 0 Å². The number of rotatable bonds is 8. The first kappa shape index (κ1) is 18.9. The second-order valence-corrected chi connectivity index (χ2v) is 9.27. The summed E-state index contributed by atoms with van der Waals surface area (Å²) in [6.45, 7) is 13.7. The molecule has 1 aliphatic rings. The van der Waals surface area contributed by atoms with Crippen molar-refractivity contribution in [1.82, 2.24) is 10.2 Å². The first-order chi connectivity index (χ1) is 9.80. The smallest absolute Gasteiger partial charge is 0.150 e. The molecule has 1 heterocycles. The van der Waals surface area contributed by atoms with E-state index in [1.165, 1.54) is 6.42 Å². The first-order valence-electron chi connectivity index (χ1n) is 8.48. The van der Waals surface area contributed by atoms with Crippen LogP contribution in [0, 0.1) is 11.8 Å². The van der Waals surface area contributed by atoms with Gasteiger partial charge in [-0.15, -0.1) is 0 Å². The maximum absolute atomic E-state index is 11.7. The monoisotopic (exact) mass is 318 g/mol. The fourth-order valence-corrected chi connectivity index (χ4v) is 3.88. The van der Waals surface area contributed by atoms with E-state index in [9.17, 15) is 8.42 Å². The van der Waals surface area contributed by atoms with Gasteiger partial charge in [0, 0.05) is 30.9 Å². The molecule has 21 heavy (non-hydrogen) atoms. The maximum Gasteiger partial charge on any atom is 0.150 e. The minimum atomic E-state index is -2.84. The number of sulfone groups is 1. The molecule has 1 aliphatic heterocycles. The topological polar surface area (TPSA) is 49.4 Å². The predicted molar refractivity (Wildman–Crippen MR) is 90.4 cm³/mol. The molecular weight excluding hydrogens is 284 g/mol. The zero-order valence-electron chi connectivity index (χ0n) is 14.4. The molecule has 0 aromatic heterocycles. The fraction of sp³-hybridized carbons (Fsp3) is 1.00. The Morgan fingerprint density at radius 3 is 2.43 bits per heavy atom. The highest BCUT2D eigenvalue weighted by Gasteiger charge is 2.31. The molecule has 3 atom stereocenters. The number of hydrogen-bond donors (Lipinski definition) is 1. The Bertz CT molecular complexity index is 395. The van der Waals surface area contributed by atoms with E-state index >= 15 is 0 Å². The van der Waals surface area contributed by atoms with Crippen LogP contribution in [0.15, 0.2) is 0 Å². The third-order valence-corrected chi connectivity index (χ3v) is 6.73. The molecule has 1 rings (SSSR count). The highest BCUT2D eigenvalue weighted by molar-refractivity contribution is 7.91. The lowest BCUT2D eigenvalue weighted by Gasteiger charge is -2.44. The van der Waals surface area contributed by atoms with Crippen molar-refractivity contribution < 1.29 is 8.42 Å². The molecule has 0 aliphatic carbocycles. The van der Waals surface area contributed by atoms with E-state index in [0.717, 1.165) is 26.1 Å².